The van der Waals surface area contributed by atoms with Crippen molar-refractivity contribution >= 4 is 11.4 Å². The van der Waals surface area contributed by atoms with Gasteiger partial charge in [0.05, 0.1) is 28.7 Å². The van der Waals surface area contributed by atoms with Crippen molar-refractivity contribution in [1.82, 2.24) is 4.57 Å². The summed E-state index contributed by atoms with van der Waals surface area (Å²) in [6.45, 7) is 0.964. The molecule has 0 saturated heterocycles. The lowest BCUT2D eigenvalue weighted by Crippen LogP contribution is -2.26. The van der Waals surface area contributed by atoms with Crippen LogP contribution in [0.15, 0.2) is 47.4 Å². The van der Waals surface area contributed by atoms with E-state index in [9.17, 15) is 25.0 Å². The normalized spacial score (nSPS) is 11.5. The minimum Gasteiger partial charge on any atom is -0.377 e. The van der Waals surface area contributed by atoms with E-state index >= 15 is 0 Å². The van der Waals surface area contributed by atoms with Gasteiger partial charge >= 0.3 is 11.2 Å². The molecule has 2 aromatic rings. The van der Waals surface area contributed by atoms with Crippen molar-refractivity contribution in [3.05, 3.63) is 78.7 Å². The molecular formula is C19H19N3O6. The van der Waals surface area contributed by atoms with Gasteiger partial charge in [-0.15, -0.1) is 6.42 Å². The van der Waals surface area contributed by atoms with E-state index in [1.807, 2.05) is 30.3 Å². The maximum Gasteiger partial charge on any atom is 0.341 e. The van der Waals surface area contributed by atoms with Crippen molar-refractivity contribution in [3.8, 4) is 12.3 Å². The molecular weight excluding hydrogens is 366 g/mol. The van der Waals surface area contributed by atoms with Gasteiger partial charge in [0.15, 0.2) is 0 Å². The van der Waals surface area contributed by atoms with Crippen LogP contribution in [-0.2, 0) is 11.3 Å². The number of nitrogens with zero attached hydrogens (tertiary/aromatic N) is 3. The van der Waals surface area contributed by atoms with Gasteiger partial charge in [-0.1, -0.05) is 36.3 Å². The van der Waals surface area contributed by atoms with E-state index in [4.69, 9.17) is 11.2 Å². The summed E-state index contributed by atoms with van der Waals surface area (Å²) in [5.74, 6) is 2.39. The molecule has 0 unspecified atom stereocenters. The highest BCUT2D eigenvalue weighted by molar-refractivity contribution is 5.40. The van der Waals surface area contributed by atoms with Crippen molar-refractivity contribution in [2.75, 3.05) is 6.61 Å². The second kappa shape index (κ2) is 9.99. The molecule has 146 valence electrons. The first-order valence-corrected chi connectivity index (χ1v) is 8.56. The van der Waals surface area contributed by atoms with Crippen molar-refractivity contribution in [2.45, 2.75) is 31.9 Å². The zero-order chi connectivity index (χ0) is 20.5. The van der Waals surface area contributed by atoms with Gasteiger partial charge < -0.3 is 4.74 Å². The van der Waals surface area contributed by atoms with Gasteiger partial charge in [-0.25, -0.2) is 0 Å². The van der Waals surface area contributed by atoms with Crippen molar-refractivity contribution < 1.29 is 14.6 Å². The fourth-order valence-electron chi connectivity index (χ4n) is 2.64. The van der Waals surface area contributed by atoms with Crippen LogP contribution in [-0.4, -0.2) is 21.0 Å². The molecule has 0 aliphatic carbocycles. The summed E-state index contributed by atoms with van der Waals surface area (Å²) in [6, 6.07) is 9.50. The van der Waals surface area contributed by atoms with Crippen LogP contribution in [0.5, 0.6) is 0 Å². The number of benzene rings is 1. The molecule has 0 amide bonds. The summed E-state index contributed by atoms with van der Waals surface area (Å²) < 4.78 is 6.46. The van der Waals surface area contributed by atoms with Gasteiger partial charge in [-0.3, -0.25) is 29.6 Å². The third-order valence-corrected chi connectivity index (χ3v) is 4.07. The highest BCUT2D eigenvalue weighted by Crippen LogP contribution is 2.20. The molecule has 0 saturated carbocycles. The molecule has 0 aliphatic heterocycles. The molecule has 2 rings (SSSR count). The number of hydrogen-bond acceptors (Lipinski definition) is 6. The Kier molecular flexibility index (Phi) is 7.42. The SMILES string of the molecule is C#C[C@@H](CCCCOCc1ccccc1)n1cc([N+](=O)[O-])cc([N+](=O)[O-])c1=O. The van der Waals surface area contributed by atoms with E-state index in [2.05, 4.69) is 5.92 Å². The quantitative estimate of drug-likeness (QED) is 0.268. The predicted molar refractivity (Wildman–Crippen MR) is 102 cm³/mol. The Labute approximate surface area is 160 Å². The summed E-state index contributed by atoms with van der Waals surface area (Å²) in [5.41, 5.74) is -1.34. The third kappa shape index (κ3) is 5.49. The number of rotatable bonds is 10. The monoisotopic (exact) mass is 385 g/mol. The van der Waals surface area contributed by atoms with E-state index < -0.39 is 32.8 Å². The number of ether oxygens (including phenoxy) is 1. The largest absolute Gasteiger partial charge is 0.377 e. The number of unbranched alkanes of at least 4 members (excludes halogenated alkanes) is 1. The topological polar surface area (TPSA) is 118 Å². The molecule has 0 fully saturated rings. The maximum atomic E-state index is 12.3. The number of aromatic nitrogens is 1. The molecule has 0 aliphatic rings. The van der Waals surface area contributed by atoms with E-state index in [1.54, 1.807) is 0 Å². The summed E-state index contributed by atoms with van der Waals surface area (Å²) in [6.07, 6.45) is 8.00. The summed E-state index contributed by atoms with van der Waals surface area (Å²) >= 11 is 0. The number of terminal acetylenes is 1. The minimum absolute atomic E-state index is 0.337. The lowest BCUT2D eigenvalue weighted by Gasteiger charge is -2.14. The number of hydrogen-bond donors (Lipinski definition) is 0. The second-order valence-corrected chi connectivity index (χ2v) is 6.03. The van der Waals surface area contributed by atoms with Gasteiger partial charge in [-0.2, -0.15) is 0 Å². The molecule has 1 atom stereocenters. The first-order valence-electron chi connectivity index (χ1n) is 8.56. The second-order valence-electron chi connectivity index (χ2n) is 6.03. The zero-order valence-electron chi connectivity index (χ0n) is 15.0. The third-order valence-electron chi connectivity index (χ3n) is 4.07. The Hall–Kier alpha value is -3.51. The minimum atomic E-state index is -0.959. The van der Waals surface area contributed by atoms with Crippen LogP contribution in [0.4, 0.5) is 11.4 Å². The Bertz CT molecular complexity index is 933. The Morgan fingerprint density at radius 3 is 2.46 bits per heavy atom. The lowest BCUT2D eigenvalue weighted by molar-refractivity contribution is -0.395. The van der Waals surface area contributed by atoms with E-state index in [-0.39, 0.29) is 0 Å². The Balaban J connectivity index is 1.97. The molecule has 1 aromatic carbocycles. The van der Waals surface area contributed by atoms with Crippen molar-refractivity contribution in [2.24, 2.45) is 0 Å². The van der Waals surface area contributed by atoms with Crippen LogP contribution < -0.4 is 5.56 Å². The zero-order valence-corrected chi connectivity index (χ0v) is 15.0. The summed E-state index contributed by atoms with van der Waals surface area (Å²) in [5, 5.41) is 22.0. The lowest BCUT2D eigenvalue weighted by atomic mass is 10.1. The van der Waals surface area contributed by atoms with Crippen molar-refractivity contribution in [3.63, 3.8) is 0 Å². The number of pyridine rings is 1. The molecule has 0 N–H and O–H groups in total. The first kappa shape index (κ1) is 20.8. The molecule has 9 nitrogen and oxygen atoms in total. The van der Waals surface area contributed by atoms with Crippen LogP contribution in [0.3, 0.4) is 0 Å². The van der Waals surface area contributed by atoms with Gasteiger partial charge in [0.2, 0.25) is 0 Å². The molecule has 0 spiro atoms. The van der Waals surface area contributed by atoms with Crippen LogP contribution in [0.1, 0.15) is 30.9 Å². The first-order chi connectivity index (χ1) is 13.4. The predicted octanol–water partition coefficient (Wildman–Crippen LogP) is 3.23. The highest BCUT2D eigenvalue weighted by Gasteiger charge is 2.24. The smallest absolute Gasteiger partial charge is 0.341 e. The van der Waals surface area contributed by atoms with Crippen molar-refractivity contribution in [1.29, 1.82) is 0 Å². The van der Waals surface area contributed by atoms with Gasteiger partial charge in [0.25, 0.3) is 5.69 Å². The van der Waals surface area contributed by atoms with Crippen LogP contribution in [0.2, 0.25) is 0 Å². The highest BCUT2D eigenvalue weighted by atomic mass is 16.6. The number of nitro groups is 2. The molecule has 1 aromatic heterocycles. The molecule has 0 radical (unpaired) electrons. The van der Waals surface area contributed by atoms with E-state index in [1.165, 1.54) is 0 Å². The maximum absolute atomic E-state index is 12.3. The van der Waals surface area contributed by atoms with Crippen LogP contribution in [0.25, 0.3) is 0 Å². The van der Waals surface area contributed by atoms with Gasteiger partial charge in [0, 0.05) is 6.61 Å². The molecule has 0 bridgehead atoms. The van der Waals surface area contributed by atoms with Crippen LogP contribution >= 0.6 is 0 Å². The fourth-order valence-corrected chi connectivity index (χ4v) is 2.64. The van der Waals surface area contributed by atoms with E-state index in [0.717, 1.165) is 16.3 Å². The molecule has 28 heavy (non-hydrogen) atoms. The standard InChI is InChI=1S/C19H19N3O6/c1-2-16(10-6-7-11-28-14-15-8-4-3-5-9-15)20-13-17(21(24)25)12-18(19(20)23)22(26)27/h1,3-5,8-9,12-13,16H,6-7,10-11,14H2/t16-/m0/s1. The Morgan fingerprint density at radius 1 is 1.14 bits per heavy atom. The summed E-state index contributed by atoms with van der Waals surface area (Å²) in [4.78, 5) is 32.5. The molecule has 9 heteroatoms. The summed E-state index contributed by atoms with van der Waals surface area (Å²) in [7, 11) is 0. The van der Waals surface area contributed by atoms with Gasteiger partial charge in [-0.05, 0) is 24.8 Å². The Morgan fingerprint density at radius 2 is 1.86 bits per heavy atom. The van der Waals surface area contributed by atoms with E-state index in [0.29, 0.717) is 38.5 Å². The van der Waals surface area contributed by atoms with Crippen LogP contribution in [0, 0.1) is 32.6 Å². The fraction of sp³-hybridized carbons (Fsp3) is 0.316. The average Bonchev–Trinajstić information content (AvgIpc) is 2.68. The van der Waals surface area contributed by atoms with Gasteiger partial charge in [0.1, 0.15) is 6.07 Å². The molecule has 1 heterocycles. The average molecular weight is 385 g/mol.